The van der Waals surface area contributed by atoms with Crippen LogP contribution in [0.15, 0.2) is 42.5 Å². The summed E-state index contributed by atoms with van der Waals surface area (Å²) in [7, 11) is 0. The van der Waals surface area contributed by atoms with Gasteiger partial charge in [0.2, 0.25) is 11.8 Å². The van der Waals surface area contributed by atoms with Gasteiger partial charge in [0.25, 0.3) is 0 Å². The smallest absolute Gasteiger partial charge is 0.243 e. The SMILES string of the molecule is O=C(NCc1cccc(Cl)c1F)C1CC(F)CN1C(=O)Cn1c2c(c3ccccc31)CCNC2. The normalized spacial score (nSPS) is 19.9. The Morgan fingerprint density at radius 3 is 2.85 bits per heavy atom. The van der Waals surface area contributed by atoms with E-state index in [4.69, 9.17) is 11.6 Å². The minimum Gasteiger partial charge on any atom is -0.350 e. The maximum absolute atomic E-state index is 14.4. The lowest BCUT2D eigenvalue weighted by Crippen LogP contribution is -2.47. The van der Waals surface area contributed by atoms with Crippen molar-refractivity contribution in [2.45, 2.75) is 44.7 Å². The van der Waals surface area contributed by atoms with E-state index in [2.05, 4.69) is 16.7 Å². The van der Waals surface area contributed by atoms with E-state index in [1.54, 1.807) is 6.07 Å². The van der Waals surface area contributed by atoms with Gasteiger partial charge in [-0.15, -0.1) is 0 Å². The molecule has 0 saturated carbocycles. The number of nitrogens with zero attached hydrogens (tertiary/aromatic N) is 2. The number of carbonyl (C=O) groups excluding carboxylic acids is 2. The fourth-order valence-corrected chi connectivity index (χ4v) is 5.22. The Balaban J connectivity index is 1.34. The fourth-order valence-electron chi connectivity index (χ4n) is 5.03. The molecule has 2 unspecified atom stereocenters. The van der Waals surface area contributed by atoms with Gasteiger partial charge in [-0.25, -0.2) is 8.78 Å². The first-order valence-corrected chi connectivity index (χ1v) is 11.8. The second-order valence-electron chi connectivity index (χ2n) is 8.78. The second kappa shape index (κ2) is 9.35. The number of likely N-dealkylation sites (tertiary alicyclic amines) is 1. The molecule has 0 radical (unpaired) electrons. The Bertz CT molecular complexity index is 1260. The van der Waals surface area contributed by atoms with Crippen LogP contribution >= 0.6 is 11.6 Å². The van der Waals surface area contributed by atoms with Crippen LogP contribution in [-0.2, 0) is 35.6 Å². The predicted octanol–water partition coefficient (Wildman–Crippen LogP) is 3.33. The summed E-state index contributed by atoms with van der Waals surface area (Å²) in [4.78, 5) is 27.5. The molecule has 9 heteroatoms. The monoisotopic (exact) mass is 486 g/mol. The molecule has 1 fully saturated rings. The van der Waals surface area contributed by atoms with Crippen LogP contribution in [0.25, 0.3) is 10.9 Å². The highest BCUT2D eigenvalue weighted by atomic mass is 35.5. The Morgan fingerprint density at radius 1 is 1.18 bits per heavy atom. The maximum atomic E-state index is 14.4. The van der Waals surface area contributed by atoms with Crippen LogP contribution in [0.4, 0.5) is 8.78 Å². The van der Waals surface area contributed by atoms with Crippen molar-refractivity contribution < 1.29 is 18.4 Å². The minimum absolute atomic E-state index is 0.0248. The van der Waals surface area contributed by atoms with E-state index in [0.29, 0.717) is 6.54 Å². The number of alkyl halides is 1. The third-order valence-electron chi connectivity index (χ3n) is 6.69. The van der Waals surface area contributed by atoms with Crippen LogP contribution in [0.5, 0.6) is 0 Å². The molecule has 2 aliphatic heterocycles. The standard InChI is InChI=1S/C25H25ClF2N4O2/c26-19-6-3-4-15(24(19)28)11-30-25(34)21-10-16(27)13-32(21)23(33)14-31-20-7-2-1-5-17(20)18-8-9-29-12-22(18)31/h1-7,16,21,29H,8-14H2,(H,30,34). The topological polar surface area (TPSA) is 66.4 Å². The van der Waals surface area contributed by atoms with E-state index >= 15 is 0 Å². The number of rotatable bonds is 5. The molecule has 178 valence electrons. The summed E-state index contributed by atoms with van der Waals surface area (Å²) < 4.78 is 30.5. The predicted molar refractivity (Wildman–Crippen MR) is 126 cm³/mol. The molecule has 0 bridgehead atoms. The van der Waals surface area contributed by atoms with Gasteiger partial charge in [-0.05, 0) is 30.7 Å². The Kier molecular flexibility index (Phi) is 6.27. The zero-order chi connectivity index (χ0) is 23.8. The van der Waals surface area contributed by atoms with Crippen molar-refractivity contribution in [2.24, 2.45) is 0 Å². The summed E-state index contributed by atoms with van der Waals surface area (Å²) in [5.74, 6) is -1.43. The largest absolute Gasteiger partial charge is 0.350 e. The number of fused-ring (bicyclic) bond motifs is 3. The second-order valence-corrected chi connectivity index (χ2v) is 9.19. The van der Waals surface area contributed by atoms with E-state index in [-0.39, 0.29) is 42.5 Å². The van der Waals surface area contributed by atoms with Gasteiger partial charge < -0.3 is 20.1 Å². The average molecular weight is 487 g/mol. The Morgan fingerprint density at radius 2 is 2.00 bits per heavy atom. The fraction of sp³-hybridized carbons (Fsp3) is 0.360. The molecule has 2 atom stereocenters. The van der Waals surface area contributed by atoms with Crippen molar-refractivity contribution in [1.82, 2.24) is 20.1 Å². The summed E-state index contributed by atoms with van der Waals surface area (Å²) in [6.07, 6.45) is -0.500. The first-order valence-electron chi connectivity index (χ1n) is 11.4. The quantitative estimate of drug-likeness (QED) is 0.581. The molecule has 6 nitrogen and oxygen atoms in total. The van der Waals surface area contributed by atoms with Gasteiger partial charge in [0, 0.05) is 41.7 Å². The molecule has 0 aliphatic carbocycles. The van der Waals surface area contributed by atoms with Gasteiger partial charge in [-0.3, -0.25) is 9.59 Å². The molecular weight excluding hydrogens is 462 g/mol. The lowest BCUT2D eigenvalue weighted by Gasteiger charge is -2.25. The number of hydrogen-bond donors (Lipinski definition) is 2. The van der Waals surface area contributed by atoms with Crippen molar-refractivity contribution in [3.05, 3.63) is 70.1 Å². The van der Waals surface area contributed by atoms with Crippen LogP contribution in [0.3, 0.4) is 0 Å². The van der Waals surface area contributed by atoms with Crippen LogP contribution < -0.4 is 10.6 Å². The Labute approximate surface area is 200 Å². The van der Waals surface area contributed by atoms with E-state index in [1.807, 2.05) is 22.8 Å². The third-order valence-corrected chi connectivity index (χ3v) is 6.98. The molecular formula is C25H25ClF2N4O2. The van der Waals surface area contributed by atoms with Crippen LogP contribution in [0, 0.1) is 5.82 Å². The molecule has 5 rings (SSSR count). The number of halogens is 3. The number of para-hydroxylation sites is 1. The van der Waals surface area contributed by atoms with E-state index in [9.17, 15) is 18.4 Å². The van der Waals surface area contributed by atoms with E-state index in [1.165, 1.54) is 22.6 Å². The van der Waals surface area contributed by atoms with Gasteiger partial charge in [-0.2, -0.15) is 0 Å². The maximum Gasteiger partial charge on any atom is 0.243 e. The van der Waals surface area contributed by atoms with Gasteiger partial charge in [0.05, 0.1) is 11.6 Å². The molecule has 2 aromatic carbocycles. The van der Waals surface area contributed by atoms with Crippen molar-refractivity contribution >= 4 is 34.3 Å². The van der Waals surface area contributed by atoms with Crippen LogP contribution in [0.2, 0.25) is 5.02 Å². The number of aromatic nitrogens is 1. The molecule has 2 N–H and O–H groups in total. The molecule has 1 aromatic heterocycles. The van der Waals surface area contributed by atoms with Gasteiger partial charge in [0.1, 0.15) is 24.6 Å². The molecule has 3 aromatic rings. The highest BCUT2D eigenvalue weighted by Crippen LogP contribution is 2.29. The summed E-state index contributed by atoms with van der Waals surface area (Å²) in [5, 5.41) is 7.07. The van der Waals surface area contributed by atoms with Crippen molar-refractivity contribution in [3.63, 3.8) is 0 Å². The van der Waals surface area contributed by atoms with Gasteiger partial charge >= 0.3 is 0 Å². The highest BCUT2D eigenvalue weighted by molar-refractivity contribution is 6.30. The number of hydrogen-bond acceptors (Lipinski definition) is 3. The van der Waals surface area contributed by atoms with E-state index < -0.39 is 23.9 Å². The number of amides is 2. The van der Waals surface area contributed by atoms with Crippen LogP contribution in [-0.4, -0.2) is 46.6 Å². The third kappa shape index (κ3) is 4.16. The van der Waals surface area contributed by atoms with Crippen molar-refractivity contribution in [2.75, 3.05) is 13.1 Å². The summed E-state index contributed by atoms with van der Waals surface area (Å²) in [6.45, 7) is 1.32. The number of nitrogens with one attached hydrogen (secondary N) is 2. The van der Waals surface area contributed by atoms with Crippen molar-refractivity contribution in [1.29, 1.82) is 0 Å². The van der Waals surface area contributed by atoms with E-state index in [0.717, 1.165) is 29.6 Å². The number of carbonyl (C=O) groups is 2. The molecule has 3 heterocycles. The first-order chi connectivity index (χ1) is 16.4. The van der Waals surface area contributed by atoms with Crippen molar-refractivity contribution in [3.8, 4) is 0 Å². The highest BCUT2D eigenvalue weighted by Gasteiger charge is 2.40. The molecule has 2 amide bonds. The molecule has 1 saturated heterocycles. The zero-order valence-corrected chi connectivity index (χ0v) is 19.2. The summed E-state index contributed by atoms with van der Waals surface area (Å²) in [5.41, 5.74) is 3.46. The van der Waals surface area contributed by atoms with Gasteiger partial charge in [-0.1, -0.05) is 41.9 Å². The molecule has 34 heavy (non-hydrogen) atoms. The first kappa shape index (κ1) is 22.8. The minimum atomic E-state index is -1.29. The lowest BCUT2D eigenvalue weighted by atomic mass is 10.1. The molecule has 2 aliphatic rings. The molecule has 0 spiro atoms. The zero-order valence-electron chi connectivity index (χ0n) is 18.5. The lowest BCUT2D eigenvalue weighted by molar-refractivity contribution is -0.139. The van der Waals surface area contributed by atoms with Crippen LogP contribution in [0.1, 0.15) is 23.2 Å². The average Bonchev–Trinajstić information content (AvgIpc) is 3.39. The Hall–Kier alpha value is -2.97. The summed E-state index contributed by atoms with van der Waals surface area (Å²) >= 11 is 5.80. The van der Waals surface area contributed by atoms with Gasteiger partial charge in [0.15, 0.2) is 0 Å². The summed E-state index contributed by atoms with van der Waals surface area (Å²) in [6, 6.07) is 11.5. The number of benzene rings is 2.